The molecule has 0 saturated carbocycles. The monoisotopic (exact) mass is 274 g/mol. The Labute approximate surface area is 92.0 Å². The molecule has 1 N–H and O–H groups in total. The van der Waals surface area contributed by atoms with E-state index in [0.29, 0.717) is 16.1 Å². The summed E-state index contributed by atoms with van der Waals surface area (Å²) in [5.74, 6) is 0.537. The summed E-state index contributed by atoms with van der Waals surface area (Å²) in [6.45, 7) is 0. The maximum Gasteiger partial charge on any atom is 0.282 e. The fourth-order valence-corrected chi connectivity index (χ4v) is 1.41. The molecule has 0 aliphatic carbocycles. The lowest BCUT2D eigenvalue weighted by atomic mass is 10.3. The highest BCUT2D eigenvalue weighted by Crippen LogP contribution is 2.23. The predicted octanol–water partition coefficient (Wildman–Crippen LogP) is 2.45. The van der Waals surface area contributed by atoms with Crippen molar-refractivity contribution in [1.82, 2.24) is 10.2 Å². The number of halogens is 2. The third kappa shape index (κ3) is 1.73. The zero-order valence-corrected chi connectivity index (χ0v) is 9.09. The van der Waals surface area contributed by atoms with Crippen LogP contribution in [0.15, 0.2) is 32.1 Å². The first-order chi connectivity index (χ1) is 6.66. The molecule has 0 fully saturated rings. The smallest absolute Gasteiger partial charge is 0.282 e. The number of aromatic nitrogens is 2. The van der Waals surface area contributed by atoms with Crippen LogP contribution in [0.5, 0.6) is 0 Å². The molecule has 2 heterocycles. The summed E-state index contributed by atoms with van der Waals surface area (Å²) in [7, 11) is 0. The molecule has 0 aliphatic rings. The van der Waals surface area contributed by atoms with Crippen LogP contribution in [0.3, 0.4) is 0 Å². The Bertz CT molecular complexity index is 520. The maximum atomic E-state index is 10.9. The average molecular weight is 275 g/mol. The fraction of sp³-hybridized carbons (Fsp3) is 0. The minimum Gasteiger partial charge on any atom is -0.448 e. The first kappa shape index (κ1) is 9.48. The van der Waals surface area contributed by atoms with Crippen molar-refractivity contribution in [3.63, 3.8) is 0 Å². The molecule has 0 aromatic carbocycles. The van der Waals surface area contributed by atoms with Crippen LogP contribution >= 0.6 is 27.5 Å². The molecule has 0 aliphatic heterocycles. The normalized spacial score (nSPS) is 10.4. The van der Waals surface area contributed by atoms with Crippen molar-refractivity contribution in [2.45, 2.75) is 0 Å². The lowest BCUT2D eigenvalue weighted by molar-refractivity contribution is 0.552. The molecule has 0 amide bonds. The first-order valence-corrected chi connectivity index (χ1v) is 4.85. The molecule has 0 bridgehead atoms. The van der Waals surface area contributed by atoms with E-state index < -0.39 is 5.56 Å². The summed E-state index contributed by atoms with van der Waals surface area (Å²) < 4.78 is 5.83. The van der Waals surface area contributed by atoms with Crippen molar-refractivity contribution >= 4 is 27.5 Å². The quantitative estimate of drug-likeness (QED) is 0.869. The van der Waals surface area contributed by atoms with Crippen LogP contribution in [0, 0.1) is 0 Å². The van der Waals surface area contributed by atoms with Gasteiger partial charge in [0, 0.05) is 0 Å². The van der Waals surface area contributed by atoms with Crippen LogP contribution in [-0.2, 0) is 0 Å². The molecule has 2 aromatic rings. The molecule has 14 heavy (non-hydrogen) atoms. The topological polar surface area (TPSA) is 58.9 Å². The van der Waals surface area contributed by atoms with Crippen LogP contribution < -0.4 is 5.56 Å². The molecule has 72 valence electrons. The number of hydrogen-bond donors (Lipinski definition) is 1. The van der Waals surface area contributed by atoms with Crippen molar-refractivity contribution in [3.8, 4) is 11.5 Å². The van der Waals surface area contributed by atoms with Crippen LogP contribution in [0.2, 0.25) is 5.02 Å². The molecule has 4 nitrogen and oxygen atoms in total. The molecule has 0 spiro atoms. The zero-order valence-electron chi connectivity index (χ0n) is 6.75. The highest BCUT2D eigenvalue weighted by molar-refractivity contribution is 9.10. The summed E-state index contributed by atoms with van der Waals surface area (Å²) in [6.07, 6.45) is 0. The van der Waals surface area contributed by atoms with Gasteiger partial charge >= 0.3 is 0 Å². The summed E-state index contributed by atoms with van der Waals surface area (Å²) >= 11 is 8.80. The Kier molecular flexibility index (Phi) is 2.43. The van der Waals surface area contributed by atoms with Gasteiger partial charge in [0.1, 0.15) is 10.7 Å². The van der Waals surface area contributed by atoms with E-state index in [1.807, 2.05) is 0 Å². The standard InChI is InChI=1S/C8H4BrClN2O2/c9-7-2-1-6(14-7)5-3-4(10)8(13)12-11-5/h1-3H,(H,12,13). The summed E-state index contributed by atoms with van der Waals surface area (Å²) in [4.78, 5) is 10.9. The number of rotatable bonds is 1. The maximum absolute atomic E-state index is 10.9. The number of aromatic amines is 1. The predicted molar refractivity (Wildman–Crippen MR) is 55.3 cm³/mol. The van der Waals surface area contributed by atoms with Gasteiger partial charge in [-0.05, 0) is 34.1 Å². The van der Waals surface area contributed by atoms with E-state index in [1.165, 1.54) is 6.07 Å². The van der Waals surface area contributed by atoms with Crippen molar-refractivity contribution in [1.29, 1.82) is 0 Å². The van der Waals surface area contributed by atoms with Crippen LogP contribution in [0.1, 0.15) is 0 Å². The molecule has 2 rings (SSSR count). The molecule has 0 radical (unpaired) electrons. The molecule has 0 saturated heterocycles. The van der Waals surface area contributed by atoms with Gasteiger partial charge in [0.15, 0.2) is 10.4 Å². The minimum atomic E-state index is -0.416. The third-order valence-corrected chi connectivity index (χ3v) is 2.29. The average Bonchev–Trinajstić information content (AvgIpc) is 2.57. The van der Waals surface area contributed by atoms with E-state index in [-0.39, 0.29) is 5.02 Å². The van der Waals surface area contributed by atoms with Crippen LogP contribution in [0.25, 0.3) is 11.5 Å². The summed E-state index contributed by atoms with van der Waals surface area (Å²) in [5.41, 5.74) is 0.0707. The van der Waals surface area contributed by atoms with E-state index >= 15 is 0 Å². The molecular formula is C8H4BrClN2O2. The van der Waals surface area contributed by atoms with Gasteiger partial charge in [0.2, 0.25) is 0 Å². The minimum absolute atomic E-state index is 0.0857. The highest BCUT2D eigenvalue weighted by atomic mass is 79.9. The zero-order chi connectivity index (χ0) is 10.1. The molecule has 6 heteroatoms. The van der Waals surface area contributed by atoms with Gasteiger partial charge in [-0.15, -0.1) is 0 Å². The Morgan fingerprint density at radius 2 is 2.29 bits per heavy atom. The summed E-state index contributed by atoms with van der Waals surface area (Å²) in [5, 5.41) is 6.13. The van der Waals surface area contributed by atoms with Gasteiger partial charge in [-0.1, -0.05) is 11.6 Å². The lowest BCUT2D eigenvalue weighted by Crippen LogP contribution is -2.08. The highest BCUT2D eigenvalue weighted by Gasteiger charge is 2.06. The first-order valence-electron chi connectivity index (χ1n) is 3.68. The van der Waals surface area contributed by atoms with Crippen molar-refractivity contribution in [2.24, 2.45) is 0 Å². The molecule has 0 atom stereocenters. The second kappa shape index (κ2) is 3.59. The largest absolute Gasteiger partial charge is 0.448 e. The Morgan fingerprint density at radius 1 is 1.50 bits per heavy atom. The van der Waals surface area contributed by atoms with E-state index in [1.54, 1.807) is 12.1 Å². The van der Waals surface area contributed by atoms with E-state index in [2.05, 4.69) is 26.1 Å². The van der Waals surface area contributed by atoms with E-state index in [0.717, 1.165) is 0 Å². The lowest BCUT2D eigenvalue weighted by Gasteiger charge is -1.94. The Hall–Kier alpha value is -1.07. The van der Waals surface area contributed by atoms with Crippen LogP contribution in [-0.4, -0.2) is 10.2 Å². The third-order valence-electron chi connectivity index (χ3n) is 1.58. The SMILES string of the molecule is O=c1[nH]nc(-c2ccc(Br)o2)cc1Cl. The molecular weight excluding hydrogens is 271 g/mol. The summed E-state index contributed by atoms with van der Waals surface area (Å²) in [6, 6.07) is 4.91. The second-order valence-electron chi connectivity index (χ2n) is 2.53. The van der Waals surface area contributed by atoms with E-state index in [4.69, 9.17) is 16.0 Å². The number of nitrogens with one attached hydrogen (secondary N) is 1. The number of hydrogen-bond acceptors (Lipinski definition) is 3. The fourth-order valence-electron chi connectivity index (χ4n) is 0.960. The van der Waals surface area contributed by atoms with Gasteiger partial charge in [0.25, 0.3) is 5.56 Å². The Balaban J connectivity index is 2.52. The van der Waals surface area contributed by atoms with Gasteiger partial charge in [0.05, 0.1) is 0 Å². The molecule has 0 unspecified atom stereocenters. The van der Waals surface area contributed by atoms with Crippen molar-refractivity contribution in [2.75, 3.05) is 0 Å². The van der Waals surface area contributed by atoms with Crippen molar-refractivity contribution in [3.05, 3.63) is 38.2 Å². The van der Waals surface area contributed by atoms with Crippen LogP contribution in [0.4, 0.5) is 0 Å². The van der Waals surface area contributed by atoms with Crippen molar-refractivity contribution < 1.29 is 4.42 Å². The van der Waals surface area contributed by atoms with Gasteiger partial charge < -0.3 is 4.42 Å². The second-order valence-corrected chi connectivity index (χ2v) is 3.72. The Morgan fingerprint density at radius 3 is 2.86 bits per heavy atom. The van der Waals surface area contributed by atoms with Gasteiger partial charge in [-0.25, -0.2) is 5.10 Å². The van der Waals surface area contributed by atoms with Gasteiger partial charge in [-0.2, -0.15) is 5.10 Å². The number of H-pyrrole nitrogens is 1. The number of furan rings is 1. The molecule has 2 aromatic heterocycles. The van der Waals surface area contributed by atoms with Gasteiger partial charge in [-0.3, -0.25) is 4.79 Å². The number of nitrogens with zero attached hydrogens (tertiary/aromatic N) is 1. The van der Waals surface area contributed by atoms with E-state index in [9.17, 15) is 4.79 Å².